The summed E-state index contributed by atoms with van der Waals surface area (Å²) >= 11 is 0. The monoisotopic (exact) mass is 297 g/mol. The van der Waals surface area contributed by atoms with Crippen LogP contribution in [-0.2, 0) is 0 Å². The molecular formula is C14H17ClFN3O. The van der Waals surface area contributed by atoms with Crippen LogP contribution in [-0.4, -0.2) is 23.2 Å². The lowest BCUT2D eigenvalue weighted by Crippen LogP contribution is -2.28. The Hall–Kier alpha value is -1.46. The molecule has 1 aromatic heterocycles. The lowest BCUT2D eigenvalue weighted by Gasteiger charge is -2.18. The van der Waals surface area contributed by atoms with Gasteiger partial charge in [-0.15, -0.1) is 12.4 Å². The highest BCUT2D eigenvalue weighted by Gasteiger charge is 2.21. The van der Waals surface area contributed by atoms with Crippen LogP contribution in [0.15, 0.2) is 22.7 Å². The molecule has 20 heavy (non-hydrogen) atoms. The van der Waals surface area contributed by atoms with Gasteiger partial charge in [0.15, 0.2) is 0 Å². The molecule has 1 aliphatic heterocycles. The van der Waals surface area contributed by atoms with Crippen molar-refractivity contribution in [3.8, 4) is 11.4 Å². The van der Waals surface area contributed by atoms with E-state index in [4.69, 9.17) is 4.52 Å². The number of nitrogens with zero attached hydrogens (tertiary/aromatic N) is 2. The summed E-state index contributed by atoms with van der Waals surface area (Å²) < 4.78 is 18.6. The maximum absolute atomic E-state index is 13.2. The largest absolute Gasteiger partial charge is 0.339 e. The Bertz CT molecular complexity index is 582. The second-order valence-corrected chi connectivity index (χ2v) is 4.96. The van der Waals surface area contributed by atoms with E-state index in [1.807, 2.05) is 0 Å². The Kier molecular flexibility index (Phi) is 4.73. The molecule has 0 aliphatic carbocycles. The lowest BCUT2D eigenvalue weighted by molar-refractivity contribution is 0.322. The van der Waals surface area contributed by atoms with E-state index in [0.717, 1.165) is 31.5 Å². The molecule has 0 spiro atoms. The second kappa shape index (κ2) is 6.33. The van der Waals surface area contributed by atoms with E-state index in [0.29, 0.717) is 17.3 Å². The average molecular weight is 298 g/mol. The highest BCUT2D eigenvalue weighted by atomic mass is 35.5. The Morgan fingerprint density at radius 3 is 2.95 bits per heavy atom. The first-order valence-electron chi connectivity index (χ1n) is 6.55. The Morgan fingerprint density at radius 1 is 1.40 bits per heavy atom. The molecule has 1 aromatic carbocycles. The quantitative estimate of drug-likeness (QED) is 0.925. The first kappa shape index (κ1) is 14.9. The summed E-state index contributed by atoms with van der Waals surface area (Å²) in [5, 5.41) is 7.32. The van der Waals surface area contributed by atoms with Gasteiger partial charge in [-0.05, 0) is 50.1 Å². The molecule has 0 bridgehead atoms. The fraction of sp³-hybridized carbons (Fsp3) is 0.429. The molecule has 1 unspecified atom stereocenters. The normalized spacial score (nSPS) is 18.6. The minimum Gasteiger partial charge on any atom is -0.339 e. The fourth-order valence-electron chi connectivity index (χ4n) is 2.36. The minimum atomic E-state index is -0.219. The van der Waals surface area contributed by atoms with Gasteiger partial charge in [0.25, 0.3) is 0 Å². The standard InChI is InChI=1S/C14H16FN3O.ClH/c1-9-7-10(4-5-12(9)15)13-17-14(19-18-13)11-3-2-6-16-8-11;/h4-5,7,11,16H,2-3,6,8H2,1H3;1H. The molecule has 0 radical (unpaired) electrons. The van der Waals surface area contributed by atoms with Gasteiger partial charge in [-0.1, -0.05) is 5.16 Å². The van der Waals surface area contributed by atoms with E-state index in [-0.39, 0.29) is 24.1 Å². The number of hydrogen-bond acceptors (Lipinski definition) is 4. The zero-order valence-electron chi connectivity index (χ0n) is 11.2. The van der Waals surface area contributed by atoms with E-state index in [2.05, 4.69) is 15.5 Å². The van der Waals surface area contributed by atoms with Crippen molar-refractivity contribution in [1.29, 1.82) is 0 Å². The van der Waals surface area contributed by atoms with Gasteiger partial charge in [-0.2, -0.15) is 4.98 Å². The van der Waals surface area contributed by atoms with Crippen LogP contribution in [0.25, 0.3) is 11.4 Å². The molecule has 6 heteroatoms. The highest BCUT2D eigenvalue weighted by Crippen LogP contribution is 2.25. The summed E-state index contributed by atoms with van der Waals surface area (Å²) in [5.74, 6) is 1.27. The number of aryl methyl sites for hydroxylation is 1. The number of aromatic nitrogens is 2. The predicted molar refractivity (Wildman–Crippen MR) is 76.5 cm³/mol. The van der Waals surface area contributed by atoms with Crippen molar-refractivity contribution >= 4 is 12.4 Å². The zero-order valence-corrected chi connectivity index (χ0v) is 12.0. The Labute approximate surface area is 123 Å². The summed E-state index contributed by atoms with van der Waals surface area (Å²) in [6, 6.07) is 4.85. The van der Waals surface area contributed by atoms with Gasteiger partial charge in [0, 0.05) is 12.1 Å². The van der Waals surface area contributed by atoms with Crippen molar-refractivity contribution in [3.05, 3.63) is 35.5 Å². The molecule has 3 rings (SSSR count). The summed E-state index contributed by atoms with van der Waals surface area (Å²) in [6.45, 7) is 3.66. The first-order chi connectivity index (χ1) is 9.24. The van der Waals surface area contributed by atoms with E-state index < -0.39 is 0 Å². The molecule has 1 aliphatic rings. The van der Waals surface area contributed by atoms with Crippen LogP contribution in [0.4, 0.5) is 4.39 Å². The number of nitrogens with one attached hydrogen (secondary N) is 1. The molecule has 1 fully saturated rings. The molecule has 0 amide bonds. The Balaban J connectivity index is 0.00000147. The SMILES string of the molecule is Cc1cc(-c2noc(C3CCCNC3)n2)ccc1F.Cl. The second-order valence-electron chi connectivity index (χ2n) is 4.96. The number of piperidine rings is 1. The topological polar surface area (TPSA) is 51.0 Å². The number of hydrogen-bond donors (Lipinski definition) is 1. The van der Waals surface area contributed by atoms with Crippen molar-refractivity contribution in [3.63, 3.8) is 0 Å². The van der Waals surface area contributed by atoms with Crippen molar-refractivity contribution in [2.75, 3.05) is 13.1 Å². The van der Waals surface area contributed by atoms with Gasteiger partial charge in [0.05, 0.1) is 5.92 Å². The number of rotatable bonds is 2. The van der Waals surface area contributed by atoms with E-state index in [1.54, 1.807) is 19.1 Å². The molecule has 108 valence electrons. The maximum atomic E-state index is 13.2. The average Bonchev–Trinajstić information content (AvgIpc) is 2.93. The van der Waals surface area contributed by atoms with Gasteiger partial charge in [-0.3, -0.25) is 0 Å². The third kappa shape index (κ3) is 2.99. The smallest absolute Gasteiger partial charge is 0.231 e. The van der Waals surface area contributed by atoms with Crippen molar-refractivity contribution in [2.24, 2.45) is 0 Å². The van der Waals surface area contributed by atoms with Crippen molar-refractivity contribution in [1.82, 2.24) is 15.5 Å². The van der Waals surface area contributed by atoms with Crippen LogP contribution in [0, 0.1) is 12.7 Å². The van der Waals surface area contributed by atoms with Gasteiger partial charge >= 0.3 is 0 Å². The molecular weight excluding hydrogens is 281 g/mol. The van der Waals surface area contributed by atoms with Gasteiger partial charge in [-0.25, -0.2) is 4.39 Å². The molecule has 0 saturated carbocycles. The lowest BCUT2D eigenvalue weighted by atomic mass is 10.00. The number of benzene rings is 1. The van der Waals surface area contributed by atoms with E-state index >= 15 is 0 Å². The van der Waals surface area contributed by atoms with Gasteiger partial charge < -0.3 is 9.84 Å². The first-order valence-corrected chi connectivity index (χ1v) is 6.55. The van der Waals surface area contributed by atoms with E-state index in [9.17, 15) is 4.39 Å². The highest BCUT2D eigenvalue weighted by molar-refractivity contribution is 5.85. The van der Waals surface area contributed by atoms with Gasteiger partial charge in [0.2, 0.25) is 11.7 Å². The molecule has 1 atom stereocenters. The molecule has 2 heterocycles. The summed E-state index contributed by atoms with van der Waals surface area (Å²) in [5.41, 5.74) is 1.38. The van der Waals surface area contributed by atoms with Crippen molar-refractivity contribution < 1.29 is 8.91 Å². The maximum Gasteiger partial charge on any atom is 0.231 e. The van der Waals surface area contributed by atoms with Gasteiger partial charge in [0.1, 0.15) is 5.82 Å². The Morgan fingerprint density at radius 2 is 2.25 bits per heavy atom. The van der Waals surface area contributed by atoms with Crippen LogP contribution in [0.3, 0.4) is 0 Å². The predicted octanol–water partition coefficient (Wildman–Crippen LogP) is 3.07. The van der Waals surface area contributed by atoms with E-state index in [1.165, 1.54) is 6.07 Å². The molecule has 4 nitrogen and oxygen atoms in total. The summed E-state index contributed by atoms with van der Waals surface area (Å²) in [4.78, 5) is 4.43. The summed E-state index contributed by atoms with van der Waals surface area (Å²) in [6.07, 6.45) is 2.19. The molecule has 1 N–H and O–H groups in total. The summed E-state index contributed by atoms with van der Waals surface area (Å²) in [7, 11) is 0. The van der Waals surface area contributed by atoms with Crippen LogP contribution < -0.4 is 5.32 Å². The number of halogens is 2. The third-order valence-electron chi connectivity index (χ3n) is 3.50. The van der Waals surface area contributed by atoms with Crippen molar-refractivity contribution in [2.45, 2.75) is 25.7 Å². The van der Waals surface area contributed by atoms with Crippen LogP contribution in [0.5, 0.6) is 0 Å². The van der Waals surface area contributed by atoms with Crippen LogP contribution in [0.1, 0.15) is 30.2 Å². The zero-order chi connectivity index (χ0) is 13.2. The fourth-order valence-corrected chi connectivity index (χ4v) is 2.36. The minimum absolute atomic E-state index is 0. The molecule has 2 aromatic rings. The van der Waals surface area contributed by atoms with Crippen LogP contribution in [0.2, 0.25) is 0 Å². The van der Waals surface area contributed by atoms with Crippen LogP contribution >= 0.6 is 12.4 Å². The third-order valence-corrected chi connectivity index (χ3v) is 3.50. The molecule has 1 saturated heterocycles.